The lowest BCUT2D eigenvalue weighted by atomic mass is 9.99. The van der Waals surface area contributed by atoms with Crippen LogP contribution >= 0.6 is 0 Å². The molecule has 4 atom stereocenters. The summed E-state index contributed by atoms with van der Waals surface area (Å²) in [7, 11) is 0. The number of hydrogen-bond donors (Lipinski definition) is 2. The van der Waals surface area contributed by atoms with E-state index in [0.717, 1.165) is 6.42 Å². The third-order valence-corrected chi connectivity index (χ3v) is 2.72. The first kappa shape index (κ1) is 5.69. The van der Waals surface area contributed by atoms with Gasteiger partial charge in [-0.1, -0.05) is 0 Å². The minimum Gasteiger partial charge on any atom is -0.393 e. The van der Waals surface area contributed by atoms with Crippen LogP contribution in [0, 0.1) is 5.92 Å². The van der Waals surface area contributed by atoms with Crippen molar-refractivity contribution in [2.24, 2.45) is 5.92 Å². The molecule has 2 aliphatic rings. The van der Waals surface area contributed by atoms with Gasteiger partial charge in [-0.3, -0.25) is 0 Å². The van der Waals surface area contributed by atoms with Crippen LogP contribution in [0.2, 0.25) is 0 Å². The second-order valence-electron chi connectivity index (χ2n) is 3.35. The van der Waals surface area contributed by atoms with E-state index in [9.17, 15) is 5.11 Å². The van der Waals surface area contributed by atoms with Crippen LogP contribution in [0.4, 0.5) is 0 Å². The summed E-state index contributed by atoms with van der Waals surface area (Å²) in [5.41, 5.74) is 0. The maximum Gasteiger partial charge on any atom is 0.0598 e. The van der Waals surface area contributed by atoms with Crippen LogP contribution in [-0.4, -0.2) is 23.3 Å². The zero-order valence-electron chi connectivity index (χ0n) is 5.67. The number of piperidine rings is 1. The Morgan fingerprint density at radius 3 is 2.56 bits per heavy atom. The minimum absolute atomic E-state index is 0.00810. The lowest BCUT2D eigenvalue weighted by molar-refractivity contribution is 0.102. The van der Waals surface area contributed by atoms with E-state index in [1.807, 2.05) is 0 Å². The van der Waals surface area contributed by atoms with Crippen LogP contribution in [0.1, 0.15) is 19.8 Å². The standard InChI is InChI=1S/C7H13NO/c1-4-6-2-5(8-4)3-7(6)9/h4-9H,2-3H2,1H3/t4-,5?,6?,7-/m1/s1. The molecule has 1 heterocycles. The molecular weight excluding hydrogens is 114 g/mol. The smallest absolute Gasteiger partial charge is 0.0598 e. The van der Waals surface area contributed by atoms with Crippen LogP contribution in [0.25, 0.3) is 0 Å². The van der Waals surface area contributed by atoms with Crippen LogP contribution in [-0.2, 0) is 0 Å². The molecule has 52 valence electrons. The summed E-state index contributed by atoms with van der Waals surface area (Å²) >= 11 is 0. The van der Waals surface area contributed by atoms with Gasteiger partial charge < -0.3 is 10.4 Å². The molecule has 0 aromatic carbocycles. The molecule has 0 amide bonds. The van der Waals surface area contributed by atoms with Gasteiger partial charge >= 0.3 is 0 Å². The molecule has 0 spiro atoms. The van der Waals surface area contributed by atoms with Crippen molar-refractivity contribution in [3.63, 3.8) is 0 Å². The van der Waals surface area contributed by atoms with Gasteiger partial charge in [-0.2, -0.15) is 0 Å². The molecule has 2 rings (SSSR count). The zero-order valence-corrected chi connectivity index (χ0v) is 5.67. The Labute approximate surface area is 55.3 Å². The highest BCUT2D eigenvalue weighted by Gasteiger charge is 2.42. The first-order valence-electron chi connectivity index (χ1n) is 3.71. The van der Waals surface area contributed by atoms with Crippen LogP contribution < -0.4 is 5.32 Å². The van der Waals surface area contributed by atoms with Crippen molar-refractivity contribution in [2.45, 2.75) is 38.0 Å². The number of aliphatic hydroxyl groups is 1. The largest absolute Gasteiger partial charge is 0.393 e. The highest BCUT2D eigenvalue weighted by Crippen LogP contribution is 2.34. The van der Waals surface area contributed by atoms with Gasteiger partial charge in [0.15, 0.2) is 0 Å². The van der Waals surface area contributed by atoms with Crippen molar-refractivity contribution in [3.05, 3.63) is 0 Å². The van der Waals surface area contributed by atoms with E-state index in [2.05, 4.69) is 12.2 Å². The summed E-state index contributed by atoms with van der Waals surface area (Å²) in [6.07, 6.45) is 2.17. The monoisotopic (exact) mass is 127 g/mol. The quantitative estimate of drug-likeness (QED) is 0.484. The van der Waals surface area contributed by atoms with Crippen LogP contribution in [0.15, 0.2) is 0 Å². The van der Waals surface area contributed by atoms with Crippen molar-refractivity contribution >= 4 is 0 Å². The fraction of sp³-hybridized carbons (Fsp3) is 1.00. The number of hydrogen-bond acceptors (Lipinski definition) is 2. The summed E-state index contributed by atoms with van der Waals surface area (Å²) < 4.78 is 0. The Hall–Kier alpha value is -0.0800. The molecule has 1 saturated carbocycles. The molecule has 1 aliphatic heterocycles. The van der Waals surface area contributed by atoms with Gasteiger partial charge in [0.2, 0.25) is 0 Å². The third-order valence-electron chi connectivity index (χ3n) is 2.72. The average molecular weight is 127 g/mol. The van der Waals surface area contributed by atoms with Crippen molar-refractivity contribution in [1.29, 1.82) is 0 Å². The molecule has 0 aromatic heterocycles. The lowest BCUT2D eigenvalue weighted by Crippen LogP contribution is -2.39. The summed E-state index contributed by atoms with van der Waals surface area (Å²) in [6.45, 7) is 2.16. The van der Waals surface area contributed by atoms with Gasteiger partial charge in [-0.25, -0.2) is 0 Å². The predicted molar refractivity (Wildman–Crippen MR) is 35.1 cm³/mol. The lowest BCUT2D eigenvalue weighted by Gasteiger charge is -2.23. The number of fused-ring (bicyclic) bond motifs is 2. The normalized spacial score (nSPS) is 56.7. The summed E-state index contributed by atoms with van der Waals surface area (Å²) in [5, 5.41) is 12.8. The number of rotatable bonds is 0. The molecule has 0 radical (unpaired) electrons. The van der Waals surface area contributed by atoms with Gasteiger partial charge in [0.1, 0.15) is 0 Å². The molecule has 1 saturated heterocycles. The maximum atomic E-state index is 9.35. The summed E-state index contributed by atoms with van der Waals surface area (Å²) in [4.78, 5) is 0. The molecule has 2 N–H and O–H groups in total. The van der Waals surface area contributed by atoms with E-state index in [1.54, 1.807) is 0 Å². The summed E-state index contributed by atoms with van der Waals surface area (Å²) in [6, 6.07) is 1.18. The molecule has 1 aliphatic carbocycles. The Morgan fingerprint density at radius 2 is 2.22 bits per heavy atom. The Balaban J connectivity index is 2.13. The fourth-order valence-corrected chi connectivity index (χ4v) is 2.22. The second kappa shape index (κ2) is 1.70. The van der Waals surface area contributed by atoms with E-state index in [1.165, 1.54) is 6.42 Å². The Kier molecular flexibility index (Phi) is 1.08. The fourth-order valence-electron chi connectivity index (χ4n) is 2.22. The first-order valence-corrected chi connectivity index (χ1v) is 3.71. The SMILES string of the molecule is C[C@H]1NC2CC1[C@H](O)C2. The number of aliphatic hydroxyl groups excluding tert-OH is 1. The van der Waals surface area contributed by atoms with Crippen LogP contribution in [0.5, 0.6) is 0 Å². The van der Waals surface area contributed by atoms with Gasteiger partial charge in [0.25, 0.3) is 0 Å². The predicted octanol–water partition coefficient (Wildman–Crippen LogP) is 0.118. The van der Waals surface area contributed by atoms with Crippen molar-refractivity contribution in [1.82, 2.24) is 5.32 Å². The molecule has 2 heteroatoms. The Morgan fingerprint density at radius 1 is 1.44 bits per heavy atom. The summed E-state index contributed by atoms with van der Waals surface area (Å²) in [5.74, 6) is 0.551. The van der Waals surface area contributed by atoms with Crippen molar-refractivity contribution in [3.8, 4) is 0 Å². The van der Waals surface area contributed by atoms with E-state index in [4.69, 9.17) is 0 Å². The average Bonchev–Trinajstić information content (AvgIpc) is 2.22. The molecule has 2 fully saturated rings. The molecule has 2 bridgehead atoms. The van der Waals surface area contributed by atoms with Gasteiger partial charge in [0, 0.05) is 18.0 Å². The first-order chi connectivity index (χ1) is 4.27. The molecule has 0 aromatic rings. The Bertz CT molecular complexity index is 114. The van der Waals surface area contributed by atoms with E-state index in [0.29, 0.717) is 18.0 Å². The van der Waals surface area contributed by atoms with E-state index >= 15 is 0 Å². The highest BCUT2D eigenvalue weighted by atomic mass is 16.3. The molecule has 9 heavy (non-hydrogen) atoms. The zero-order chi connectivity index (χ0) is 6.43. The second-order valence-corrected chi connectivity index (χ2v) is 3.35. The third kappa shape index (κ3) is 0.700. The van der Waals surface area contributed by atoms with Crippen LogP contribution in [0.3, 0.4) is 0 Å². The topological polar surface area (TPSA) is 32.3 Å². The highest BCUT2D eigenvalue weighted by molar-refractivity contribution is 4.99. The molecule has 2 unspecified atom stereocenters. The van der Waals surface area contributed by atoms with Gasteiger partial charge in [-0.15, -0.1) is 0 Å². The van der Waals surface area contributed by atoms with Crippen molar-refractivity contribution in [2.75, 3.05) is 0 Å². The van der Waals surface area contributed by atoms with Gasteiger partial charge in [-0.05, 0) is 19.8 Å². The molecular formula is C7H13NO. The number of nitrogens with one attached hydrogen (secondary N) is 1. The van der Waals surface area contributed by atoms with Gasteiger partial charge in [0.05, 0.1) is 6.10 Å². The van der Waals surface area contributed by atoms with E-state index < -0.39 is 0 Å². The van der Waals surface area contributed by atoms with E-state index in [-0.39, 0.29) is 6.10 Å². The molecule has 2 nitrogen and oxygen atoms in total. The minimum atomic E-state index is -0.00810. The maximum absolute atomic E-state index is 9.35. The van der Waals surface area contributed by atoms with Crippen molar-refractivity contribution < 1.29 is 5.11 Å².